The van der Waals surface area contributed by atoms with Crippen LogP contribution in [0.15, 0.2) is 18.2 Å². The van der Waals surface area contributed by atoms with Crippen molar-refractivity contribution >= 4 is 28.1 Å². The molecule has 0 radical (unpaired) electrons. The summed E-state index contributed by atoms with van der Waals surface area (Å²) in [6, 6.07) is 4.72. The molecule has 1 atom stereocenters. The minimum Gasteiger partial charge on any atom is -0.354 e. The van der Waals surface area contributed by atoms with Gasteiger partial charge < -0.3 is 5.32 Å². The minimum atomic E-state index is -0.411. The van der Waals surface area contributed by atoms with Crippen LogP contribution in [-0.4, -0.2) is 10.2 Å². The molecular weight excluding hydrogens is 261 g/mol. The molecule has 0 amide bonds. The Morgan fingerprint density at radius 2 is 2.18 bits per heavy atom. The summed E-state index contributed by atoms with van der Waals surface area (Å²) in [7, 11) is 0. The maximum atomic E-state index is 13.3. The van der Waals surface area contributed by atoms with Crippen LogP contribution in [-0.2, 0) is 0 Å². The van der Waals surface area contributed by atoms with E-state index in [1.807, 2.05) is 13.8 Å². The molecule has 0 aliphatic heterocycles. The van der Waals surface area contributed by atoms with E-state index in [0.717, 1.165) is 15.7 Å². The number of nitrogens with zero attached hydrogens (tertiary/aromatic N) is 2. The van der Waals surface area contributed by atoms with Crippen molar-refractivity contribution in [3.63, 3.8) is 0 Å². The molecule has 2 aromatic rings. The quantitative estimate of drug-likeness (QED) is 0.922. The van der Waals surface area contributed by atoms with Crippen LogP contribution in [0, 0.1) is 12.7 Å². The molecule has 1 heterocycles. The molecule has 0 bridgehead atoms. The summed E-state index contributed by atoms with van der Waals surface area (Å²) < 4.78 is 13.3. The van der Waals surface area contributed by atoms with Crippen LogP contribution in [0.4, 0.5) is 9.52 Å². The van der Waals surface area contributed by atoms with Crippen LogP contribution in [0.3, 0.4) is 0 Å². The molecule has 1 N–H and O–H groups in total. The Morgan fingerprint density at radius 3 is 2.76 bits per heavy atom. The van der Waals surface area contributed by atoms with Gasteiger partial charge in [-0.15, -0.1) is 10.2 Å². The molecule has 0 aliphatic carbocycles. The van der Waals surface area contributed by atoms with Crippen molar-refractivity contribution < 1.29 is 4.39 Å². The predicted molar refractivity (Wildman–Crippen MR) is 68.1 cm³/mol. The van der Waals surface area contributed by atoms with Gasteiger partial charge in [0.1, 0.15) is 10.8 Å². The van der Waals surface area contributed by atoms with Gasteiger partial charge in [0.25, 0.3) is 0 Å². The predicted octanol–water partition coefficient (Wildman–Crippen LogP) is 3.81. The number of hydrogen-bond acceptors (Lipinski definition) is 4. The number of halogens is 2. The molecule has 90 valence electrons. The van der Waals surface area contributed by atoms with E-state index >= 15 is 0 Å². The second kappa shape index (κ2) is 4.98. The number of benzene rings is 1. The highest BCUT2D eigenvalue weighted by molar-refractivity contribution is 7.15. The molecular formula is C11H11ClFN3S. The Labute approximate surface area is 108 Å². The maximum Gasteiger partial charge on any atom is 0.206 e. The Morgan fingerprint density at radius 1 is 1.41 bits per heavy atom. The fraction of sp³-hybridized carbons (Fsp3) is 0.273. The van der Waals surface area contributed by atoms with E-state index in [2.05, 4.69) is 15.5 Å². The van der Waals surface area contributed by atoms with Crippen LogP contribution in [0.5, 0.6) is 0 Å². The van der Waals surface area contributed by atoms with Gasteiger partial charge in [-0.05, 0) is 31.5 Å². The van der Waals surface area contributed by atoms with Crippen LogP contribution >= 0.6 is 22.9 Å². The molecule has 0 saturated heterocycles. The summed E-state index contributed by atoms with van der Waals surface area (Å²) in [6.07, 6.45) is 0. The zero-order chi connectivity index (χ0) is 12.4. The second-order valence-electron chi connectivity index (χ2n) is 3.67. The number of hydrogen-bond donors (Lipinski definition) is 1. The van der Waals surface area contributed by atoms with Gasteiger partial charge in [0.2, 0.25) is 5.13 Å². The first-order valence-corrected chi connectivity index (χ1v) is 6.27. The van der Waals surface area contributed by atoms with Gasteiger partial charge in [-0.3, -0.25) is 0 Å². The normalized spacial score (nSPS) is 12.5. The van der Waals surface area contributed by atoms with Crippen molar-refractivity contribution in [2.24, 2.45) is 0 Å². The van der Waals surface area contributed by atoms with E-state index in [0.29, 0.717) is 0 Å². The molecule has 0 spiro atoms. The summed E-state index contributed by atoms with van der Waals surface area (Å²) in [5, 5.41) is 12.8. The van der Waals surface area contributed by atoms with Crippen molar-refractivity contribution in [3.05, 3.63) is 39.6 Å². The van der Waals surface area contributed by atoms with Crippen LogP contribution in [0.25, 0.3) is 0 Å². The van der Waals surface area contributed by atoms with Gasteiger partial charge in [0, 0.05) is 0 Å². The zero-order valence-corrected chi connectivity index (χ0v) is 10.9. The van der Waals surface area contributed by atoms with E-state index in [1.165, 1.54) is 17.4 Å². The molecule has 6 heteroatoms. The summed E-state index contributed by atoms with van der Waals surface area (Å²) in [5.74, 6) is -0.411. The highest BCUT2D eigenvalue weighted by atomic mass is 35.5. The second-order valence-corrected chi connectivity index (χ2v) is 5.25. The Bertz CT molecular complexity index is 529. The summed E-state index contributed by atoms with van der Waals surface area (Å²) in [6.45, 7) is 3.81. The fourth-order valence-corrected chi connectivity index (χ4v) is 2.20. The van der Waals surface area contributed by atoms with Gasteiger partial charge in [-0.1, -0.05) is 29.0 Å². The molecule has 3 nitrogen and oxygen atoms in total. The SMILES string of the molecule is Cc1nnc(NC(C)c2ccc(Cl)c(F)c2)s1. The first-order valence-electron chi connectivity index (χ1n) is 5.08. The zero-order valence-electron chi connectivity index (χ0n) is 9.37. The highest BCUT2D eigenvalue weighted by Crippen LogP contribution is 2.24. The van der Waals surface area contributed by atoms with E-state index in [9.17, 15) is 4.39 Å². The smallest absolute Gasteiger partial charge is 0.206 e. The van der Waals surface area contributed by atoms with Crippen molar-refractivity contribution in [2.75, 3.05) is 5.32 Å². The lowest BCUT2D eigenvalue weighted by Crippen LogP contribution is -2.06. The van der Waals surface area contributed by atoms with Crippen LogP contribution < -0.4 is 5.32 Å². The van der Waals surface area contributed by atoms with Crippen molar-refractivity contribution in [3.8, 4) is 0 Å². The van der Waals surface area contributed by atoms with Gasteiger partial charge in [0.05, 0.1) is 11.1 Å². The van der Waals surface area contributed by atoms with E-state index < -0.39 is 5.82 Å². The molecule has 0 saturated carbocycles. The Hall–Kier alpha value is -1.20. The van der Waals surface area contributed by atoms with Gasteiger partial charge >= 0.3 is 0 Å². The average Bonchev–Trinajstić information content (AvgIpc) is 2.68. The number of nitrogens with one attached hydrogen (secondary N) is 1. The third-order valence-electron chi connectivity index (χ3n) is 2.31. The summed E-state index contributed by atoms with van der Waals surface area (Å²) >= 11 is 7.10. The number of aryl methyl sites for hydroxylation is 1. The number of anilines is 1. The lowest BCUT2D eigenvalue weighted by atomic mass is 10.1. The van der Waals surface area contributed by atoms with E-state index in [-0.39, 0.29) is 11.1 Å². The Kier molecular flexibility index (Phi) is 3.59. The highest BCUT2D eigenvalue weighted by Gasteiger charge is 2.10. The molecule has 1 aromatic carbocycles. The first-order chi connectivity index (χ1) is 8.06. The van der Waals surface area contributed by atoms with E-state index in [1.54, 1.807) is 12.1 Å². The monoisotopic (exact) mass is 271 g/mol. The van der Waals surface area contributed by atoms with Gasteiger partial charge in [-0.2, -0.15) is 0 Å². The standard InChI is InChI=1S/C11H11ClFN3S/c1-6(14-11-16-15-7(2)17-11)8-3-4-9(12)10(13)5-8/h3-6H,1-2H3,(H,14,16). The maximum absolute atomic E-state index is 13.3. The lowest BCUT2D eigenvalue weighted by Gasteiger charge is -2.13. The van der Waals surface area contributed by atoms with Crippen LogP contribution in [0.1, 0.15) is 23.5 Å². The molecule has 1 aromatic heterocycles. The summed E-state index contributed by atoms with van der Waals surface area (Å²) in [4.78, 5) is 0. The van der Waals surface area contributed by atoms with E-state index in [4.69, 9.17) is 11.6 Å². The number of rotatable bonds is 3. The van der Waals surface area contributed by atoms with Crippen LogP contribution in [0.2, 0.25) is 5.02 Å². The van der Waals surface area contributed by atoms with Crippen molar-refractivity contribution in [2.45, 2.75) is 19.9 Å². The largest absolute Gasteiger partial charge is 0.354 e. The Balaban J connectivity index is 2.14. The third kappa shape index (κ3) is 2.92. The summed E-state index contributed by atoms with van der Waals surface area (Å²) in [5.41, 5.74) is 0.819. The first kappa shape index (κ1) is 12.3. The van der Waals surface area contributed by atoms with Gasteiger partial charge in [-0.25, -0.2) is 4.39 Å². The lowest BCUT2D eigenvalue weighted by molar-refractivity contribution is 0.624. The molecule has 0 aliphatic rings. The fourth-order valence-electron chi connectivity index (χ4n) is 1.41. The third-order valence-corrected chi connectivity index (χ3v) is 3.39. The molecule has 2 rings (SSSR count). The molecule has 0 fully saturated rings. The minimum absolute atomic E-state index is 0.0471. The van der Waals surface area contributed by atoms with Gasteiger partial charge in [0.15, 0.2) is 0 Å². The molecule has 17 heavy (non-hydrogen) atoms. The van der Waals surface area contributed by atoms with Crippen molar-refractivity contribution in [1.82, 2.24) is 10.2 Å². The average molecular weight is 272 g/mol. The number of aromatic nitrogens is 2. The molecule has 1 unspecified atom stereocenters. The topological polar surface area (TPSA) is 37.8 Å². The van der Waals surface area contributed by atoms with Crippen molar-refractivity contribution in [1.29, 1.82) is 0 Å².